The van der Waals surface area contributed by atoms with Crippen molar-refractivity contribution in [3.63, 3.8) is 0 Å². The number of fused-ring (bicyclic) bond motifs is 1. The Morgan fingerprint density at radius 1 is 1.38 bits per heavy atom. The molecular formula is C16H23N5O3. The molecule has 1 aromatic heterocycles. The van der Waals surface area contributed by atoms with Gasteiger partial charge in [-0.3, -0.25) is 4.79 Å². The van der Waals surface area contributed by atoms with Crippen molar-refractivity contribution < 1.29 is 14.3 Å². The summed E-state index contributed by atoms with van der Waals surface area (Å²) in [5.41, 5.74) is 0.187. The van der Waals surface area contributed by atoms with E-state index in [2.05, 4.69) is 27.7 Å². The van der Waals surface area contributed by atoms with Crippen molar-refractivity contribution in [2.75, 3.05) is 18.5 Å². The molecule has 2 heterocycles. The topological polar surface area (TPSA) is 91.2 Å². The van der Waals surface area contributed by atoms with Gasteiger partial charge in [0.15, 0.2) is 11.6 Å². The summed E-state index contributed by atoms with van der Waals surface area (Å²) in [7, 11) is 0. The maximum atomic E-state index is 13.1. The Morgan fingerprint density at radius 3 is 2.88 bits per heavy atom. The molecule has 1 spiro atoms. The maximum Gasteiger partial charge on any atom is 0.267 e. The molecule has 24 heavy (non-hydrogen) atoms. The van der Waals surface area contributed by atoms with E-state index in [0.717, 1.165) is 25.7 Å². The standard InChI is InChI=1S/C16H23N5O3/c1-3-21-19-14(18-20-21)17-12-5-4-11-10-16(23-8-9-24-16)7-6-15(11,2)13(12)22/h5,11H,3-4,6-10H2,1-2H3,(H,17,19)/t11?,15-/m0/s1. The number of carbonyl (C=O) groups is 1. The summed E-state index contributed by atoms with van der Waals surface area (Å²) >= 11 is 0. The number of tetrazole rings is 1. The van der Waals surface area contributed by atoms with E-state index in [1.54, 1.807) is 0 Å². The van der Waals surface area contributed by atoms with E-state index in [9.17, 15) is 4.79 Å². The number of ketones is 1. The summed E-state index contributed by atoms with van der Waals surface area (Å²) in [5.74, 6) is 0.267. The Morgan fingerprint density at radius 2 is 2.17 bits per heavy atom. The van der Waals surface area contributed by atoms with Gasteiger partial charge in [-0.25, -0.2) is 0 Å². The molecule has 3 aliphatic rings. The van der Waals surface area contributed by atoms with Crippen LogP contribution in [0, 0.1) is 11.3 Å². The molecule has 1 aromatic rings. The van der Waals surface area contributed by atoms with Gasteiger partial charge in [-0.2, -0.15) is 4.80 Å². The van der Waals surface area contributed by atoms with Gasteiger partial charge in [0.2, 0.25) is 0 Å². The lowest BCUT2D eigenvalue weighted by Gasteiger charge is -2.48. The molecule has 1 N–H and O–H groups in total. The highest BCUT2D eigenvalue weighted by Gasteiger charge is 2.54. The van der Waals surface area contributed by atoms with Crippen LogP contribution in [0.2, 0.25) is 0 Å². The van der Waals surface area contributed by atoms with Crippen molar-refractivity contribution in [1.29, 1.82) is 0 Å². The number of aryl methyl sites for hydroxylation is 1. The molecule has 2 atom stereocenters. The van der Waals surface area contributed by atoms with E-state index < -0.39 is 11.2 Å². The van der Waals surface area contributed by atoms with Crippen LogP contribution in [-0.2, 0) is 20.8 Å². The molecule has 8 nitrogen and oxygen atoms in total. The Hall–Kier alpha value is -1.80. The van der Waals surface area contributed by atoms with E-state index in [-0.39, 0.29) is 11.7 Å². The zero-order chi connectivity index (χ0) is 16.8. The molecule has 130 valence electrons. The van der Waals surface area contributed by atoms with Gasteiger partial charge in [0.1, 0.15) is 0 Å². The molecule has 1 unspecified atom stereocenters. The first-order chi connectivity index (χ1) is 11.5. The molecule has 8 heteroatoms. The minimum atomic E-state index is -0.464. The average molecular weight is 333 g/mol. The van der Waals surface area contributed by atoms with Crippen molar-refractivity contribution in [2.24, 2.45) is 11.3 Å². The van der Waals surface area contributed by atoms with E-state index in [1.165, 1.54) is 4.80 Å². The summed E-state index contributed by atoms with van der Waals surface area (Å²) < 4.78 is 11.7. The molecule has 0 radical (unpaired) electrons. The van der Waals surface area contributed by atoms with E-state index >= 15 is 0 Å². The Labute approximate surface area is 140 Å². The highest BCUT2D eigenvalue weighted by molar-refractivity contribution is 6.02. The van der Waals surface area contributed by atoms with Gasteiger partial charge in [0.05, 0.1) is 25.5 Å². The van der Waals surface area contributed by atoms with Gasteiger partial charge in [0.25, 0.3) is 5.95 Å². The fourth-order valence-electron chi connectivity index (χ4n) is 4.07. The number of hydrogen-bond donors (Lipinski definition) is 1. The quantitative estimate of drug-likeness (QED) is 0.896. The summed E-state index contributed by atoms with van der Waals surface area (Å²) in [6.07, 6.45) is 5.09. The summed E-state index contributed by atoms with van der Waals surface area (Å²) in [6, 6.07) is 0. The number of anilines is 1. The largest absolute Gasteiger partial charge is 0.348 e. The van der Waals surface area contributed by atoms with Gasteiger partial charge < -0.3 is 14.8 Å². The van der Waals surface area contributed by atoms with Crippen molar-refractivity contribution in [3.8, 4) is 0 Å². The first kappa shape index (κ1) is 15.7. The third kappa shape index (κ3) is 2.44. The van der Waals surface area contributed by atoms with Crippen molar-refractivity contribution in [1.82, 2.24) is 20.2 Å². The van der Waals surface area contributed by atoms with E-state index in [1.807, 2.05) is 13.0 Å². The first-order valence-corrected chi connectivity index (χ1v) is 8.62. The minimum absolute atomic E-state index is 0.124. The number of carbonyl (C=O) groups excluding carboxylic acids is 1. The summed E-state index contributed by atoms with van der Waals surface area (Å²) in [6.45, 7) is 5.95. The fraction of sp³-hybridized carbons (Fsp3) is 0.750. The summed E-state index contributed by atoms with van der Waals surface area (Å²) in [4.78, 5) is 14.6. The monoisotopic (exact) mass is 333 g/mol. The highest BCUT2D eigenvalue weighted by Crippen LogP contribution is 2.52. The molecule has 1 aliphatic heterocycles. The van der Waals surface area contributed by atoms with Crippen LogP contribution in [0.4, 0.5) is 5.95 Å². The number of ether oxygens (including phenoxy) is 2. The third-order valence-electron chi connectivity index (χ3n) is 5.65. The number of hydrogen-bond acceptors (Lipinski definition) is 7. The zero-order valence-corrected chi connectivity index (χ0v) is 14.1. The fourth-order valence-corrected chi connectivity index (χ4v) is 4.07. The number of rotatable bonds is 3. The van der Waals surface area contributed by atoms with Crippen LogP contribution in [0.25, 0.3) is 0 Å². The second kappa shape index (κ2) is 5.63. The third-order valence-corrected chi connectivity index (χ3v) is 5.65. The van der Waals surface area contributed by atoms with Crippen LogP contribution in [0.3, 0.4) is 0 Å². The van der Waals surface area contributed by atoms with E-state index in [4.69, 9.17) is 9.47 Å². The second-order valence-electron chi connectivity index (χ2n) is 7.04. The lowest BCUT2D eigenvalue weighted by atomic mass is 9.59. The minimum Gasteiger partial charge on any atom is -0.348 e. The SMILES string of the molecule is CCn1nnc(NC2=CCC3CC4(CC[C@]3(C)C2=O)OCCO4)n1. The number of aromatic nitrogens is 4. The highest BCUT2D eigenvalue weighted by atomic mass is 16.7. The molecule has 0 aromatic carbocycles. The molecular weight excluding hydrogens is 310 g/mol. The van der Waals surface area contributed by atoms with Crippen LogP contribution in [0.1, 0.15) is 39.5 Å². The number of nitrogens with zero attached hydrogens (tertiary/aromatic N) is 4. The maximum absolute atomic E-state index is 13.1. The number of nitrogens with one attached hydrogen (secondary N) is 1. The van der Waals surface area contributed by atoms with Crippen LogP contribution in [0.5, 0.6) is 0 Å². The Bertz CT molecular complexity index is 679. The van der Waals surface area contributed by atoms with Crippen molar-refractivity contribution in [3.05, 3.63) is 11.8 Å². The molecule has 2 aliphatic carbocycles. The second-order valence-corrected chi connectivity index (χ2v) is 7.04. The molecule has 1 saturated carbocycles. The molecule has 0 amide bonds. The van der Waals surface area contributed by atoms with Gasteiger partial charge in [-0.1, -0.05) is 18.1 Å². The van der Waals surface area contributed by atoms with Crippen LogP contribution in [0.15, 0.2) is 11.8 Å². The van der Waals surface area contributed by atoms with Gasteiger partial charge in [-0.05, 0) is 30.9 Å². The van der Waals surface area contributed by atoms with Crippen LogP contribution >= 0.6 is 0 Å². The van der Waals surface area contributed by atoms with Gasteiger partial charge in [-0.15, -0.1) is 5.10 Å². The smallest absolute Gasteiger partial charge is 0.267 e. The van der Waals surface area contributed by atoms with Crippen LogP contribution in [-0.4, -0.2) is 45.0 Å². The predicted octanol–water partition coefficient (Wildman–Crippen LogP) is 1.51. The molecule has 1 saturated heterocycles. The first-order valence-electron chi connectivity index (χ1n) is 8.62. The van der Waals surface area contributed by atoms with Crippen LogP contribution < -0.4 is 5.32 Å². The Kier molecular flexibility index (Phi) is 3.69. The van der Waals surface area contributed by atoms with Crippen molar-refractivity contribution in [2.45, 2.75) is 51.9 Å². The number of allylic oxidation sites excluding steroid dienone is 2. The van der Waals surface area contributed by atoms with E-state index in [0.29, 0.717) is 31.4 Å². The zero-order valence-electron chi connectivity index (χ0n) is 14.1. The van der Waals surface area contributed by atoms with Crippen molar-refractivity contribution >= 4 is 11.7 Å². The van der Waals surface area contributed by atoms with Gasteiger partial charge in [0, 0.05) is 18.3 Å². The molecule has 4 rings (SSSR count). The lowest BCUT2D eigenvalue weighted by molar-refractivity contribution is -0.205. The average Bonchev–Trinajstić information content (AvgIpc) is 3.22. The molecule has 0 bridgehead atoms. The normalized spacial score (nSPS) is 31.8. The molecule has 2 fully saturated rings. The lowest BCUT2D eigenvalue weighted by Crippen LogP contribution is -2.50. The predicted molar refractivity (Wildman–Crippen MR) is 84.9 cm³/mol. The number of Topliss-reactive ketones (excluding diaryl/α,β-unsaturated/α-hetero) is 1. The Balaban J connectivity index is 1.53. The summed E-state index contributed by atoms with van der Waals surface area (Å²) in [5, 5.41) is 15.1. The van der Waals surface area contributed by atoms with Gasteiger partial charge >= 0.3 is 0 Å².